The van der Waals surface area contributed by atoms with Crippen molar-refractivity contribution >= 4 is 23.6 Å². The molecule has 0 saturated carbocycles. The number of benzene rings is 1. The van der Waals surface area contributed by atoms with Gasteiger partial charge in [0, 0.05) is 6.08 Å². The molecule has 0 fully saturated rings. The maximum absolute atomic E-state index is 11.9. The fourth-order valence-corrected chi connectivity index (χ4v) is 2.18. The lowest BCUT2D eigenvalue weighted by Crippen LogP contribution is -2.34. The Morgan fingerprint density at radius 1 is 1.15 bits per heavy atom. The second-order valence-corrected chi connectivity index (χ2v) is 6.12. The van der Waals surface area contributed by atoms with Crippen molar-refractivity contribution in [3.8, 4) is 0 Å². The minimum Gasteiger partial charge on any atom is -0.465 e. The monoisotopic (exact) mass is 353 g/mol. The molecule has 0 aliphatic carbocycles. The van der Waals surface area contributed by atoms with Gasteiger partial charge in [0.1, 0.15) is 5.76 Å². The van der Waals surface area contributed by atoms with Crippen molar-refractivity contribution in [1.82, 2.24) is 10.7 Å². The van der Waals surface area contributed by atoms with Crippen LogP contribution in [-0.2, 0) is 9.59 Å². The van der Waals surface area contributed by atoms with Gasteiger partial charge in [0.25, 0.3) is 5.91 Å². The molecule has 0 atom stereocenters. The maximum Gasteiger partial charge on any atom is 0.259 e. The number of nitrogens with zero attached hydrogens (tertiary/aromatic N) is 1. The Morgan fingerprint density at radius 3 is 2.58 bits per heavy atom. The van der Waals surface area contributed by atoms with Gasteiger partial charge >= 0.3 is 0 Å². The zero-order valence-corrected chi connectivity index (χ0v) is 14.9. The molecule has 0 radical (unpaired) electrons. The zero-order chi connectivity index (χ0) is 18.8. The van der Waals surface area contributed by atoms with Crippen molar-refractivity contribution < 1.29 is 14.0 Å². The Bertz CT molecular complexity index is 763. The summed E-state index contributed by atoms with van der Waals surface area (Å²) >= 11 is 0. The fraction of sp³-hybridized carbons (Fsp3) is 0.250. The van der Waals surface area contributed by atoms with Crippen LogP contribution >= 0.6 is 0 Å². The number of nitrogens with one attached hydrogen (secondary N) is 2. The van der Waals surface area contributed by atoms with E-state index in [2.05, 4.69) is 29.7 Å². The minimum absolute atomic E-state index is 0.158. The summed E-state index contributed by atoms with van der Waals surface area (Å²) in [7, 11) is 0. The van der Waals surface area contributed by atoms with Gasteiger partial charge in [-0.2, -0.15) is 5.10 Å². The van der Waals surface area contributed by atoms with Crippen molar-refractivity contribution in [2.24, 2.45) is 11.0 Å². The molecule has 0 spiro atoms. The molecule has 1 aromatic carbocycles. The highest BCUT2D eigenvalue weighted by Gasteiger charge is 2.08. The molecule has 0 unspecified atom stereocenters. The standard InChI is InChI=1S/C20H23N3O3/c1-15(2)13-18(16-7-4-3-5-8-16)22-23-20(25)14-21-19(24)11-10-17-9-6-12-26-17/h3-12,15H,13-14H2,1-2H3,(H,21,24)(H,23,25). The molecule has 2 rings (SSSR count). The smallest absolute Gasteiger partial charge is 0.259 e. The van der Waals surface area contributed by atoms with Gasteiger partial charge in [-0.1, -0.05) is 44.2 Å². The third kappa shape index (κ3) is 6.76. The normalized spacial score (nSPS) is 11.7. The van der Waals surface area contributed by atoms with Gasteiger partial charge in [0.2, 0.25) is 5.91 Å². The molecule has 0 aliphatic heterocycles. The first-order valence-electron chi connectivity index (χ1n) is 8.45. The fourth-order valence-electron chi connectivity index (χ4n) is 2.18. The summed E-state index contributed by atoms with van der Waals surface area (Å²) in [6.45, 7) is 4.02. The Morgan fingerprint density at radius 2 is 1.92 bits per heavy atom. The summed E-state index contributed by atoms with van der Waals surface area (Å²) in [5.74, 6) is 0.195. The van der Waals surface area contributed by atoms with E-state index < -0.39 is 0 Å². The Hall–Kier alpha value is -3.15. The summed E-state index contributed by atoms with van der Waals surface area (Å²) in [5, 5.41) is 6.73. The minimum atomic E-state index is -0.387. The number of amides is 2. The number of carbonyl (C=O) groups is 2. The Balaban J connectivity index is 1.86. The van der Waals surface area contributed by atoms with Gasteiger partial charge in [0.05, 0.1) is 18.5 Å². The summed E-state index contributed by atoms with van der Waals surface area (Å²) < 4.78 is 5.08. The first-order chi connectivity index (χ1) is 12.5. The van der Waals surface area contributed by atoms with Gasteiger partial charge in [-0.3, -0.25) is 9.59 Å². The lowest BCUT2D eigenvalue weighted by Gasteiger charge is -2.10. The van der Waals surface area contributed by atoms with Gasteiger partial charge in [-0.25, -0.2) is 5.43 Å². The van der Waals surface area contributed by atoms with Crippen LogP contribution in [0.5, 0.6) is 0 Å². The van der Waals surface area contributed by atoms with Crippen molar-refractivity contribution in [2.45, 2.75) is 20.3 Å². The van der Waals surface area contributed by atoms with E-state index in [1.165, 1.54) is 18.4 Å². The third-order valence-electron chi connectivity index (χ3n) is 3.39. The predicted octanol–water partition coefficient (Wildman–Crippen LogP) is 2.98. The number of furan rings is 1. The summed E-state index contributed by atoms with van der Waals surface area (Å²) in [6.07, 6.45) is 5.10. The Labute approximate surface area is 153 Å². The van der Waals surface area contributed by atoms with Crippen LogP contribution in [0.15, 0.2) is 64.3 Å². The van der Waals surface area contributed by atoms with Gasteiger partial charge < -0.3 is 9.73 Å². The molecular formula is C20H23N3O3. The van der Waals surface area contributed by atoms with E-state index >= 15 is 0 Å². The molecule has 2 amide bonds. The van der Waals surface area contributed by atoms with E-state index in [0.29, 0.717) is 11.7 Å². The van der Waals surface area contributed by atoms with E-state index in [9.17, 15) is 9.59 Å². The topological polar surface area (TPSA) is 83.7 Å². The maximum atomic E-state index is 11.9. The highest BCUT2D eigenvalue weighted by atomic mass is 16.3. The highest BCUT2D eigenvalue weighted by molar-refractivity contribution is 6.01. The van der Waals surface area contributed by atoms with Gasteiger partial charge in [-0.05, 0) is 36.1 Å². The molecule has 136 valence electrons. The van der Waals surface area contributed by atoms with E-state index in [-0.39, 0.29) is 18.4 Å². The number of carbonyl (C=O) groups excluding carboxylic acids is 2. The average Bonchev–Trinajstić information content (AvgIpc) is 3.15. The molecule has 6 heteroatoms. The first-order valence-corrected chi connectivity index (χ1v) is 8.45. The van der Waals surface area contributed by atoms with Crippen LogP contribution in [0, 0.1) is 5.92 Å². The molecule has 2 N–H and O–H groups in total. The SMILES string of the molecule is CC(C)CC(=NNC(=O)CNC(=O)C=Cc1ccco1)c1ccccc1. The molecule has 2 aromatic rings. The quantitative estimate of drug-likeness (QED) is 0.435. The number of hydrogen-bond donors (Lipinski definition) is 2. The summed E-state index contributed by atoms with van der Waals surface area (Å²) in [4.78, 5) is 23.6. The average molecular weight is 353 g/mol. The van der Waals surface area contributed by atoms with E-state index in [4.69, 9.17) is 4.42 Å². The third-order valence-corrected chi connectivity index (χ3v) is 3.39. The van der Waals surface area contributed by atoms with Gasteiger partial charge in [0.15, 0.2) is 0 Å². The van der Waals surface area contributed by atoms with Crippen molar-refractivity contribution in [1.29, 1.82) is 0 Å². The second-order valence-electron chi connectivity index (χ2n) is 6.12. The lowest BCUT2D eigenvalue weighted by atomic mass is 10.0. The molecule has 6 nitrogen and oxygen atoms in total. The van der Waals surface area contributed by atoms with Crippen LogP contribution in [0.4, 0.5) is 0 Å². The molecule has 1 aromatic heterocycles. The van der Waals surface area contributed by atoms with Crippen molar-refractivity contribution in [3.05, 3.63) is 66.1 Å². The molecule has 0 bridgehead atoms. The molecule has 0 saturated heterocycles. The second kappa shape index (κ2) is 9.98. The number of rotatable bonds is 8. The van der Waals surface area contributed by atoms with Crippen LogP contribution < -0.4 is 10.7 Å². The predicted molar refractivity (Wildman–Crippen MR) is 101 cm³/mol. The van der Waals surface area contributed by atoms with Crippen molar-refractivity contribution in [2.75, 3.05) is 6.54 Å². The largest absolute Gasteiger partial charge is 0.465 e. The van der Waals surface area contributed by atoms with E-state index in [0.717, 1.165) is 17.7 Å². The molecular weight excluding hydrogens is 330 g/mol. The van der Waals surface area contributed by atoms with Crippen molar-refractivity contribution in [3.63, 3.8) is 0 Å². The lowest BCUT2D eigenvalue weighted by molar-refractivity contribution is -0.123. The van der Waals surface area contributed by atoms with E-state index in [1.807, 2.05) is 30.3 Å². The first kappa shape index (κ1) is 19.2. The molecule has 1 heterocycles. The van der Waals surface area contributed by atoms with E-state index in [1.54, 1.807) is 12.1 Å². The molecule has 26 heavy (non-hydrogen) atoms. The molecule has 0 aliphatic rings. The number of hydrogen-bond acceptors (Lipinski definition) is 4. The number of hydrazone groups is 1. The van der Waals surface area contributed by atoms with Gasteiger partial charge in [-0.15, -0.1) is 0 Å². The van der Waals surface area contributed by atoms with Crippen LogP contribution in [0.2, 0.25) is 0 Å². The van der Waals surface area contributed by atoms with Crippen LogP contribution in [0.3, 0.4) is 0 Å². The zero-order valence-electron chi connectivity index (χ0n) is 14.9. The summed E-state index contributed by atoms with van der Waals surface area (Å²) in [5.41, 5.74) is 4.27. The Kier molecular flexibility index (Phi) is 7.36. The highest BCUT2D eigenvalue weighted by Crippen LogP contribution is 2.10. The van der Waals surface area contributed by atoms with Crippen LogP contribution in [0.25, 0.3) is 6.08 Å². The van der Waals surface area contributed by atoms with Crippen LogP contribution in [-0.4, -0.2) is 24.1 Å². The van der Waals surface area contributed by atoms with Crippen LogP contribution in [0.1, 0.15) is 31.6 Å². The summed E-state index contributed by atoms with van der Waals surface area (Å²) in [6, 6.07) is 13.1.